The molecule has 1 fully saturated rings. The number of benzene rings is 3. The van der Waals surface area contributed by atoms with Crippen LogP contribution >= 0.6 is 0 Å². The van der Waals surface area contributed by atoms with Crippen LogP contribution in [-0.4, -0.2) is 16.7 Å². The zero-order valence-electron chi connectivity index (χ0n) is 16.7. The number of rotatable bonds is 2. The van der Waals surface area contributed by atoms with Gasteiger partial charge in [0.1, 0.15) is 0 Å². The summed E-state index contributed by atoms with van der Waals surface area (Å²) in [7, 11) is 0. The lowest BCUT2D eigenvalue weighted by atomic mass is 9.48. The maximum absolute atomic E-state index is 13.8. The minimum Gasteiger partial charge on any atom is -0.274 e. The molecule has 1 saturated heterocycles. The Morgan fingerprint density at radius 2 is 1.48 bits per heavy atom. The number of non-ortho nitro benzene ring substituents is 1. The van der Waals surface area contributed by atoms with E-state index >= 15 is 0 Å². The highest BCUT2D eigenvalue weighted by molar-refractivity contribution is 6.23. The molecule has 0 unspecified atom stereocenters. The van der Waals surface area contributed by atoms with Crippen LogP contribution in [0.25, 0.3) is 0 Å². The topological polar surface area (TPSA) is 80.5 Å². The van der Waals surface area contributed by atoms with Gasteiger partial charge in [-0.2, -0.15) is 0 Å². The molecular formula is C25H18N2O4. The van der Waals surface area contributed by atoms with Gasteiger partial charge in [-0.05, 0) is 28.3 Å². The van der Waals surface area contributed by atoms with Gasteiger partial charge in [-0.25, -0.2) is 4.90 Å². The predicted octanol–water partition coefficient (Wildman–Crippen LogP) is 4.17. The Hall–Kier alpha value is -3.80. The van der Waals surface area contributed by atoms with Crippen molar-refractivity contribution in [3.63, 3.8) is 0 Å². The first-order valence-corrected chi connectivity index (χ1v) is 10.3. The smallest absolute Gasteiger partial charge is 0.271 e. The van der Waals surface area contributed by atoms with Crippen molar-refractivity contribution in [2.24, 2.45) is 11.8 Å². The van der Waals surface area contributed by atoms with Gasteiger partial charge in [0.15, 0.2) is 0 Å². The van der Waals surface area contributed by atoms with E-state index in [9.17, 15) is 19.7 Å². The van der Waals surface area contributed by atoms with Crippen molar-refractivity contribution in [3.05, 3.63) is 105 Å². The maximum atomic E-state index is 13.8. The van der Waals surface area contributed by atoms with E-state index < -0.39 is 22.2 Å². The number of hydrogen-bond donors (Lipinski definition) is 0. The molecule has 3 aliphatic carbocycles. The Morgan fingerprint density at radius 1 is 0.871 bits per heavy atom. The van der Waals surface area contributed by atoms with Gasteiger partial charge >= 0.3 is 0 Å². The summed E-state index contributed by atoms with van der Waals surface area (Å²) in [6.07, 6.45) is 0. The molecule has 152 valence electrons. The van der Waals surface area contributed by atoms with Crippen molar-refractivity contribution in [1.29, 1.82) is 0 Å². The second-order valence-corrected chi connectivity index (χ2v) is 8.65. The minimum absolute atomic E-state index is 0.145. The third kappa shape index (κ3) is 2.06. The van der Waals surface area contributed by atoms with Crippen molar-refractivity contribution in [3.8, 4) is 0 Å². The van der Waals surface area contributed by atoms with Gasteiger partial charge in [-0.1, -0.05) is 61.5 Å². The maximum Gasteiger partial charge on any atom is 0.271 e. The Bertz CT molecular complexity index is 1270. The molecular weight excluding hydrogens is 392 g/mol. The molecule has 0 N–H and O–H groups in total. The van der Waals surface area contributed by atoms with Crippen LogP contribution in [0.2, 0.25) is 0 Å². The van der Waals surface area contributed by atoms with Crippen LogP contribution in [0, 0.1) is 22.0 Å². The number of anilines is 1. The Balaban J connectivity index is 1.58. The Kier molecular flexibility index (Phi) is 3.41. The summed E-state index contributed by atoms with van der Waals surface area (Å²) in [5.74, 6) is -1.85. The third-order valence-electron chi connectivity index (χ3n) is 7.34. The molecule has 6 heteroatoms. The van der Waals surface area contributed by atoms with E-state index in [4.69, 9.17) is 0 Å². The molecule has 2 atom stereocenters. The van der Waals surface area contributed by atoms with E-state index in [-0.39, 0.29) is 29.1 Å². The van der Waals surface area contributed by atoms with Crippen LogP contribution in [0.4, 0.5) is 11.4 Å². The first kappa shape index (κ1) is 18.0. The highest BCUT2D eigenvalue weighted by Gasteiger charge is 2.66. The largest absolute Gasteiger partial charge is 0.274 e. The van der Waals surface area contributed by atoms with Crippen molar-refractivity contribution < 1.29 is 14.5 Å². The first-order chi connectivity index (χ1) is 14.9. The normalized spacial score (nSPS) is 27.6. The van der Waals surface area contributed by atoms with Crippen LogP contribution in [0.15, 0.2) is 72.8 Å². The molecule has 7 rings (SSSR count). The van der Waals surface area contributed by atoms with Crippen LogP contribution in [0.3, 0.4) is 0 Å². The van der Waals surface area contributed by atoms with E-state index in [2.05, 4.69) is 31.2 Å². The van der Waals surface area contributed by atoms with Gasteiger partial charge in [0, 0.05) is 23.5 Å². The van der Waals surface area contributed by atoms with Crippen molar-refractivity contribution in [2.45, 2.75) is 18.3 Å². The van der Waals surface area contributed by atoms with E-state index in [0.29, 0.717) is 0 Å². The molecule has 3 aromatic rings. The molecule has 1 aliphatic heterocycles. The minimum atomic E-state index is -0.644. The number of nitrogens with zero attached hydrogens (tertiary/aromatic N) is 2. The van der Waals surface area contributed by atoms with Gasteiger partial charge in [0.2, 0.25) is 11.8 Å². The highest BCUT2D eigenvalue weighted by atomic mass is 16.6. The first-order valence-electron chi connectivity index (χ1n) is 10.3. The van der Waals surface area contributed by atoms with E-state index in [0.717, 1.165) is 22.3 Å². The molecule has 4 aliphatic rings. The van der Waals surface area contributed by atoms with Crippen molar-refractivity contribution in [1.82, 2.24) is 0 Å². The zero-order chi connectivity index (χ0) is 21.5. The number of imide groups is 1. The molecule has 31 heavy (non-hydrogen) atoms. The van der Waals surface area contributed by atoms with Crippen LogP contribution in [0.1, 0.15) is 35.1 Å². The van der Waals surface area contributed by atoms with Gasteiger partial charge in [0.25, 0.3) is 5.69 Å². The van der Waals surface area contributed by atoms with E-state index in [1.54, 1.807) is 6.07 Å². The quantitative estimate of drug-likeness (QED) is 0.361. The second kappa shape index (κ2) is 5.88. The van der Waals surface area contributed by atoms with Gasteiger partial charge in [-0.15, -0.1) is 0 Å². The monoisotopic (exact) mass is 410 g/mol. The predicted molar refractivity (Wildman–Crippen MR) is 114 cm³/mol. The molecule has 6 nitrogen and oxygen atoms in total. The summed E-state index contributed by atoms with van der Waals surface area (Å²) in [6, 6.07) is 21.9. The van der Waals surface area contributed by atoms with Crippen LogP contribution in [-0.2, 0) is 15.0 Å². The molecule has 2 bridgehead atoms. The highest BCUT2D eigenvalue weighted by Crippen LogP contribution is 2.64. The molecule has 0 spiro atoms. The number of carbonyl (C=O) groups is 2. The summed E-state index contributed by atoms with van der Waals surface area (Å²) < 4.78 is 0. The number of carbonyl (C=O) groups excluding carboxylic acids is 2. The van der Waals surface area contributed by atoms with Crippen LogP contribution in [0.5, 0.6) is 0 Å². The molecule has 3 aromatic carbocycles. The average molecular weight is 410 g/mol. The van der Waals surface area contributed by atoms with Gasteiger partial charge < -0.3 is 0 Å². The summed E-state index contributed by atoms with van der Waals surface area (Å²) in [5, 5.41) is 11.3. The molecule has 0 aromatic heterocycles. The van der Waals surface area contributed by atoms with Gasteiger partial charge in [-0.3, -0.25) is 19.7 Å². The number of amides is 2. The lowest BCUT2D eigenvalue weighted by Crippen LogP contribution is -2.51. The summed E-state index contributed by atoms with van der Waals surface area (Å²) >= 11 is 0. The number of hydrogen-bond acceptors (Lipinski definition) is 4. The number of nitro groups is 1. The lowest BCUT2D eigenvalue weighted by Gasteiger charge is -2.52. The summed E-state index contributed by atoms with van der Waals surface area (Å²) in [6.45, 7) is 2.06. The summed E-state index contributed by atoms with van der Waals surface area (Å²) in [5.41, 5.74) is 3.82. The lowest BCUT2D eigenvalue weighted by molar-refractivity contribution is -0.384. The number of nitro benzene ring substituents is 1. The molecule has 1 heterocycles. The molecule has 0 radical (unpaired) electrons. The Labute approximate surface area is 178 Å². The van der Waals surface area contributed by atoms with Crippen molar-refractivity contribution in [2.75, 3.05) is 4.90 Å². The van der Waals surface area contributed by atoms with E-state index in [1.165, 1.54) is 23.1 Å². The zero-order valence-corrected chi connectivity index (χ0v) is 16.7. The molecule has 2 amide bonds. The van der Waals surface area contributed by atoms with Crippen molar-refractivity contribution >= 4 is 23.2 Å². The fourth-order valence-corrected chi connectivity index (χ4v) is 6.15. The molecule has 0 saturated carbocycles. The Morgan fingerprint density at radius 3 is 2.10 bits per heavy atom. The van der Waals surface area contributed by atoms with E-state index in [1.807, 2.05) is 24.3 Å². The fraction of sp³-hybridized carbons (Fsp3) is 0.200. The SMILES string of the molecule is CC12c3ccccc3C(c3ccccc31)[C@H]1C(=O)N(c3cccc([N+](=O)[O-])c3)C(=O)[C@@H]12. The van der Waals surface area contributed by atoms with Crippen LogP contribution < -0.4 is 4.90 Å². The summed E-state index contributed by atoms with van der Waals surface area (Å²) in [4.78, 5) is 39.4. The fourth-order valence-electron chi connectivity index (χ4n) is 6.15. The standard InChI is InChI=1S/C25H18N2O4/c1-25-18-11-4-2-9-16(18)20(17-10-3-5-12-19(17)25)21-22(25)24(29)26(23(21)28)14-7-6-8-15(13-14)27(30)31/h2-13,20-22H,1H3/t20?,21-,22-,25?/m1/s1. The average Bonchev–Trinajstić information content (AvgIpc) is 3.06. The van der Waals surface area contributed by atoms with Gasteiger partial charge in [0.05, 0.1) is 22.4 Å². The second-order valence-electron chi connectivity index (χ2n) is 8.65. The third-order valence-corrected chi connectivity index (χ3v) is 7.34.